The molecule has 1 saturated heterocycles. The second-order valence-corrected chi connectivity index (χ2v) is 6.03. The molecule has 0 saturated carbocycles. The zero-order valence-electron chi connectivity index (χ0n) is 12.3. The number of aliphatic hydroxyl groups excluding tert-OH is 1. The van der Waals surface area contributed by atoms with Crippen LogP contribution in [0.5, 0.6) is 0 Å². The van der Waals surface area contributed by atoms with Gasteiger partial charge in [-0.15, -0.1) is 0 Å². The van der Waals surface area contributed by atoms with Crippen LogP contribution in [-0.4, -0.2) is 18.2 Å². The Hall–Kier alpha value is -1.09. The normalized spacial score (nSPS) is 25.5. The topological polar surface area (TPSA) is 23.5 Å². The summed E-state index contributed by atoms with van der Waals surface area (Å²) in [7, 11) is 0. The first-order valence-electron chi connectivity index (χ1n) is 7.13. The first-order valence-corrected chi connectivity index (χ1v) is 7.13. The van der Waals surface area contributed by atoms with E-state index in [1.54, 1.807) is 13.8 Å². The van der Waals surface area contributed by atoms with Gasteiger partial charge in [-0.3, -0.25) is 0 Å². The van der Waals surface area contributed by atoms with Crippen molar-refractivity contribution in [2.45, 2.75) is 40.2 Å². The number of aryl methyl sites for hydroxylation is 1. The van der Waals surface area contributed by atoms with E-state index in [1.807, 2.05) is 6.07 Å². The fourth-order valence-electron chi connectivity index (χ4n) is 2.77. The van der Waals surface area contributed by atoms with Crippen LogP contribution in [0.15, 0.2) is 12.1 Å². The number of hydrogen-bond donors (Lipinski definition) is 1. The number of halogens is 1. The first-order chi connectivity index (χ1) is 8.90. The summed E-state index contributed by atoms with van der Waals surface area (Å²) in [4.78, 5) is 2.29. The molecule has 1 N–H and O–H groups in total. The number of rotatable bonds is 2. The molecule has 2 nitrogen and oxygen atoms in total. The highest BCUT2D eigenvalue weighted by Crippen LogP contribution is 2.33. The van der Waals surface area contributed by atoms with Crippen molar-refractivity contribution in [3.8, 4) is 0 Å². The monoisotopic (exact) mass is 265 g/mol. The van der Waals surface area contributed by atoms with Crippen molar-refractivity contribution >= 4 is 5.69 Å². The van der Waals surface area contributed by atoms with E-state index in [-0.39, 0.29) is 5.82 Å². The van der Waals surface area contributed by atoms with Gasteiger partial charge in [0.1, 0.15) is 5.82 Å². The Morgan fingerprint density at radius 3 is 2.58 bits per heavy atom. The van der Waals surface area contributed by atoms with Crippen LogP contribution in [0.4, 0.5) is 10.1 Å². The lowest BCUT2D eigenvalue weighted by atomic mass is 9.88. The van der Waals surface area contributed by atoms with Crippen LogP contribution >= 0.6 is 0 Å². The summed E-state index contributed by atoms with van der Waals surface area (Å²) in [6.45, 7) is 9.98. The average Bonchev–Trinajstić information content (AvgIpc) is 2.35. The lowest BCUT2D eigenvalue weighted by molar-refractivity contribution is 0.198. The molecule has 2 rings (SSSR count). The van der Waals surface area contributed by atoms with Crippen molar-refractivity contribution in [1.82, 2.24) is 0 Å². The number of piperidine rings is 1. The molecule has 0 bridgehead atoms. The third kappa shape index (κ3) is 2.92. The minimum Gasteiger partial charge on any atom is -0.389 e. The second kappa shape index (κ2) is 5.49. The Morgan fingerprint density at radius 2 is 2.00 bits per heavy atom. The van der Waals surface area contributed by atoms with Gasteiger partial charge in [0, 0.05) is 24.3 Å². The first kappa shape index (κ1) is 14.3. The molecule has 1 heterocycles. The Kier molecular flexibility index (Phi) is 4.14. The summed E-state index contributed by atoms with van der Waals surface area (Å²) in [6.07, 6.45) is 0.511. The van der Waals surface area contributed by atoms with Crippen molar-refractivity contribution in [3.05, 3.63) is 29.1 Å². The van der Waals surface area contributed by atoms with Crippen LogP contribution in [0, 0.1) is 24.6 Å². The molecule has 3 atom stereocenters. The third-order valence-electron chi connectivity index (χ3n) is 4.43. The molecule has 0 aromatic heterocycles. The lowest BCUT2D eigenvalue weighted by Gasteiger charge is -2.38. The van der Waals surface area contributed by atoms with Gasteiger partial charge in [0.15, 0.2) is 0 Å². The molecule has 3 unspecified atom stereocenters. The van der Waals surface area contributed by atoms with E-state index in [0.717, 1.165) is 31.1 Å². The Labute approximate surface area is 115 Å². The van der Waals surface area contributed by atoms with Gasteiger partial charge in [-0.25, -0.2) is 4.39 Å². The summed E-state index contributed by atoms with van der Waals surface area (Å²) < 4.78 is 13.7. The van der Waals surface area contributed by atoms with Gasteiger partial charge in [-0.1, -0.05) is 13.8 Å². The van der Waals surface area contributed by atoms with Gasteiger partial charge >= 0.3 is 0 Å². The highest BCUT2D eigenvalue weighted by atomic mass is 19.1. The van der Waals surface area contributed by atoms with Crippen LogP contribution in [0.25, 0.3) is 0 Å². The van der Waals surface area contributed by atoms with Crippen LogP contribution in [0.3, 0.4) is 0 Å². The number of aliphatic hydroxyl groups is 1. The molecule has 1 aliphatic rings. The van der Waals surface area contributed by atoms with Crippen LogP contribution < -0.4 is 4.90 Å². The van der Waals surface area contributed by atoms with Crippen molar-refractivity contribution in [2.75, 3.05) is 18.0 Å². The maximum absolute atomic E-state index is 13.7. The average molecular weight is 265 g/mol. The molecule has 1 aromatic carbocycles. The number of nitrogens with zero attached hydrogens (tertiary/aromatic N) is 1. The SMILES string of the molecule is Cc1cc(N2CCC(C)C(C)C2)c(C(C)O)cc1F. The molecular weight excluding hydrogens is 241 g/mol. The van der Waals surface area contributed by atoms with Crippen molar-refractivity contribution < 1.29 is 9.50 Å². The minimum absolute atomic E-state index is 0.238. The molecule has 1 aliphatic heterocycles. The highest BCUT2D eigenvalue weighted by molar-refractivity contribution is 5.57. The molecule has 0 aliphatic carbocycles. The number of hydrogen-bond acceptors (Lipinski definition) is 2. The standard InChI is InChI=1S/C16H24FNO/c1-10-5-6-18(9-12(10)3)16-7-11(2)15(17)8-14(16)13(4)19/h7-8,10,12-13,19H,5-6,9H2,1-4H3. The van der Waals surface area contributed by atoms with E-state index in [0.29, 0.717) is 17.0 Å². The number of anilines is 1. The molecule has 3 heteroatoms. The molecule has 19 heavy (non-hydrogen) atoms. The molecule has 1 aromatic rings. The second-order valence-electron chi connectivity index (χ2n) is 6.03. The summed E-state index contributed by atoms with van der Waals surface area (Å²) in [5.74, 6) is 1.12. The zero-order chi connectivity index (χ0) is 14.2. The third-order valence-corrected chi connectivity index (χ3v) is 4.43. The maximum Gasteiger partial charge on any atom is 0.126 e. The highest BCUT2D eigenvalue weighted by Gasteiger charge is 2.25. The van der Waals surface area contributed by atoms with E-state index < -0.39 is 6.10 Å². The van der Waals surface area contributed by atoms with Crippen molar-refractivity contribution in [2.24, 2.45) is 11.8 Å². The van der Waals surface area contributed by atoms with Gasteiger partial charge in [0.25, 0.3) is 0 Å². The van der Waals surface area contributed by atoms with E-state index in [2.05, 4.69) is 18.7 Å². The Balaban J connectivity index is 2.35. The fourth-order valence-corrected chi connectivity index (χ4v) is 2.77. The minimum atomic E-state index is -0.639. The van der Waals surface area contributed by atoms with Crippen molar-refractivity contribution in [3.63, 3.8) is 0 Å². The van der Waals surface area contributed by atoms with Gasteiger partial charge in [0.05, 0.1) is 6.10 Å². The van der Waals surface area contributed by atoms with Gasteiger partial charge < -0.3 is 10.0 Å². The molecule has 0 spiro atoms. The van der Waals surface area contributed by atoms with Crippen LogP contribution in [0.2, 0.25) is 0 Å². The Bertz CT molecular complexity index is 458. The molecule has 1 fully saturated rings. The van der Waals surface area contributed by atoms with Crippen LogP contribution in [0.1, 0.15) is 44.4 Å². The van der Waals surface area contributed by atoms with Gasteiger partial charge in [-0.2, -0.15) is 0 Å². The molecule has 106 valence electrons. The van der Waals surface area contributed by atoms with E-state index in [9.17, 15) is 9.50 Å². The largest absolute Gasteiger partial charge is 0.389 e. The van der Waals surface area contributed by atoms with Gasteiger partial charge in [-0.05, 0) is 49.8 Å². The van der Waals surface area contributed by atoms with E-state index in [1.165, 1.54) is 6.07 Å². The summed E-state index contributed by atoms with van der Waals surface area (Å²) in [5.41, 5.74) is 2.34. The number of benzene rings is 1. The Morgan fingerprint density at radius 1 is 1.32 bits per heavy atom. The lowest BCUT2D eigenvalue weighted by Crippen LogP contribution is -2.39. The molecule has 0 radical (unpaired) electrons. The predicted octanol–water partition coefficient (Wildman–Crippen LogP) is 3.67. The van der Waals surface area contributed by atoms with Gasteiger partial charge in [0.2, 0.25) is 0 Å². The summed E-state index contributed by atoms with van der Waals surface area (Å²) in [5, 5.41) is 9.88. The summed E-state index contributed by atoms with van der Waals surface area (Å²) >= 11 is 0. The zero-order valence-corrected chi connectivity index (χ0v) is 12.3. The smallest absolute Gasteiger partial charge is 0.126 e. The quantitative estimate of drug-likeness (QED) is 0.882. The summed E-state index contributed by atoms with van der Waals surface area (Å²) in [6, 6.07) is 3.36. The maximum atomic E-state index is 13.7. The van der Waals surface area contributed by atoms with E-state index >= 15 is 0 Å². The fraction of sp³-hybridized carbons (Fsp3) is 0.625. The molecular formula is C16H24FNO. The predicted molar refractivity (Wildman–Crippen MR) is 76.9 cm³/mol. The van der Waals surface area contributed by atoms with Crippen LogP contribution in [-0.2, 0) is 0 Å². The molecule has 0 amide bonds. The van der Waals surface area contributed by atoms with E-state index in [4.69, 9.17) is 0 Å². The van der Waals surface area contributed by atoms with Crippen molar-refractivity contribution in [1.29, 1.82) is 0 Å².